The van der Waals surface area contributed by atoms with Crippen molar-refractivity contribution in [2.45, 2.75) is 37.6 Å². The van der Waals surface area contributed by atoms with Gasteiger partial charge in [0.05, 0.1) is 4.92 Å². The van der Waals surface area contributed by atoms with Gasteiger partial charge in [0.1, 0.15) is 17.0 Å². The molecule has 0 aliphatic rings. The minimum atomic E-state index is -0.482. The van der Waals surface area contributed by atoms with Crippen molar-refractivity contribution in [2.75, 3.05) is 0 Å². The zero-order chi connectivity index (χ0) is 18.7. The normalized spacial score (nSPS) is 10.7. The van der Waals surface area contributed by atoms with Crippen LogP contribution in [0.1, 0.15) is 22.6 Å². The SMILES string of the molecule is Cc1ccc(C)c(OCc2nnc(Sc3ncc([N+](=O)[O-])cc3C)o2)c1. The molecule has 9 heteroatoms. The summed E-state index contributed by atoms with van der Waals surface area (Å²) in [5, 5.41) is 19.5. The Labute approximate surface area is 153 Å². The molecule has 134 valence electrons. The van der Waals surface area contributed by atoms with Crippen molar-refractivity contribution < 1.29 is 14.1 Å². The van der Waals surface area contributed by atoms with E-state index in [1.807, 2.05) is 32.0 Å². The second kappa shape index (κ2) is 7.52. The van der Waals surface area contributed by atoms with Gasteiger partial charge in [-0.25, -0.2) is 4.98 Å². The first kappa shape index (κ1) is 17.9. The van der Waals surface area contributed by atoms with Gasteiger partial charge < -0.3 is 9.15 Å². The molecule has 0 aliphatic carbocycles. The Morgan fingerprint density at radius 1 is 1.19 bits per heavy atom. The van der Waals surface area contributed by atoms with E-state index >= 15 is 0 Å². The maximum Gasteiger partial charge on any atom is 0.287 e. The molecule has 8 nitrogen and oxygen atoms in total. The molecule has 0 bridgehead atoms. The van der Waals surface area contributed by atoms with Gasteiger partial charge in [-0.3, -0.25) is 10.1 Å². The van der Waals surface area contributed by atoms with Crippen LogP contribution in [-0.4, -0.2) is 20.1 Å². The predicted molar refractivity (Wildman–Crippen MR) is 94.3 cm³/mol. The maximum absolute atomic E-state index is 10.8. The first-order valence-electron chi connectivity index (χ1n) is 7.73. The molecule has 0 saturated carbocycles. The summed E-state index contributed by atoms with van der Waals surface area (Å²) in [7, 11) is 0. The number of hydrogen-bond acceptors (Lipinski definition) is 8. The molecule has 0 aliphatic heterocycles. The molecule has 3 aromatic rings. The molecular weight excluding hydrogens is 356 g/mol. The minimum absolute atomic E-state index is 0.0556. The van der Waals surface area contributed by atoms with E-state index in [1.165, 1.54) is 12.3 Å². The van der Waals surface area contributed by atoms with Crippen LogP contribution in [0.2, 0.25) is 0 Å². The summed E-state index contributed by atoms with van der Waals surface area (Å²) < 4.78 is 11.3. The number of rotatable bonds is 6. The van der Waals surface area contributed by atoms with Crippen LogP contribution in [0.5, 0.6) is 5.75 Å². The van der Waals surface area contributed by atoms with Crippen molar-refractivity contribution in [1.29, 1.82) is 0 Å². The molecule has 1 aromatic carbocycles. The van der Waals surface area contributed by atoms with Gasteiger partial charge in [0.25, 0.3) is 16.8 Å². The van der Waals surface area contributed by atoms with Crippen LogP contribution in [0, 0.1) is 30.9 Å². The van der Waals surface area contributed by atoms with Gasteiger partial charge in [-0.05, 0) is 55.3 Å². The predicted octanol–water partition coefficient (Wildman–Crippen LogP) is 4.03. The van der Waals surface area contributed by atoms with Gasteiger partial charge in [-0.1, -0.05) is 12.1 Å². The fourth-order valence-corrected chi connectivity index (χ4v) is 2.89. The average Bonchev–Trinajstić information content (AvgIpc) is 3.05. The lowest BCUT2D eigenvalue weighted by Crippen LogP contribution is -1.97. The quantitative estimate of drug-likeness (QED) is 0.472. The van der Waals surface area contributed by atoms with E-state index in [2.05, 4.69) is 15.2 Å². The molecule has 0 saturated heterocycles. The van der Waals surface area contributed by atoms with Crippen molar-refractivity contribution in [3.05, 3.63) is 63.2 Å². The molecule has 0 unspecified atom stereocenters. The summed E-state index contributed by atoms with van der Waals surface area (Å²) in [6, 6.07) is 7.41. The largest absolute Gasteiger partial charge is 0.484 e. The van der Waals surface area contributed by atoms with E-state index in [0.29, 0.717) is 21.7 Å². The number of hydrogen-bond donors (Lipinski definition) is 0. The lowest BCUT2D eigenvalue weighted by atomic mass is 10.1. The first-order chi connectivity index (χ1) is 12.4. The third kappa shape index (κ3) is 4.17. The van der Waals surface area contributed by atoms with E-state index in [1.54, 1.807) is 6.92 Å². The fourth-order valence-electron chi connectivity index (χ4n) is 2.18. The van der Waals surface area contributed by atoms with Gasteiger partial charge in [0.15, 0.2) is 6.61 Å². The van der Waals surface area contributed by atoms with Crippen LogP contribution in [-0.2, 0) is 6.61 Å². The molecule has 26 heavy (non-hydrogen) atoms. The highest BCUT2D eigenvalue weighted by Crippen LogP contribution is 2.29. The standard InChI is InChI=1S/C17H16N4O4S/c1-10-4-5-11(2)14(6-10)24-9-15-19-20-17(25-15)26-16-12(3)7-13(8-18-16)21(22)23/h4-8H,9H2,1-3H3. The minimum Gasteiger partial charge on any atom is -0.484 e. The van der Waals surface area contributed by atoms with Gasteiger partial charge >= 0.3 is 0 Å². The van der Waals surface area contributed by atoms with Crippen LogP contribution in [0.3, 0.4) is 0 Å². The number of nitrogens with zero attached hydrogens (tertiary/aromatic N) is 4. The number of pyridine rings is 1. The lowest BCUT2D eigenvalue weighted by molar-refractivity contribution is -0.385. The Morgan fingerprint density at radius 2 is 2.00 bits per heavy atom. The van der Waals surface area contributed by atoms with Gasteiger partial charge in [-0.2, -0.15) is 0 Å². The van der Waals surface area contributed by atoms with E-state index in [0.717, 1.165) is 28.6 Å². The van der Waals surface area contributed by atoms with Gasteiger partial charge in [-0.15, -0.1) is 10.2 Å². The summed E-state index contributed by atoms with van der Waals surface area (Å²) in [6.07, 6.45) is 1.20. The molecule has 0 amide bonds. The summed E-state index contributed by atoms with van der Waals surface area (Å²) in [4.78, 5) is 14.4. The van der Waals surface area contributed by atoms with Crippen molar-refractivity contribution in [2.24, 2.45) is 0 Å². The summed E-state index contributed by atoms with van der Waals surface area (Å²) in [6.45, 7) is 5.86. The zero-order valence-corrected chi connectivity index (χ0v) is 15.2. The van der Waals surface area contributed by atoms with Crippen molar-refractivity contribution >= 4 is 17.4 Å². The lowest BCUT2D eigenvalue weighted by Gasteiger charge is -2.07. The molecule has 0 spiro atoms. The number of aromatic nitrogens is 3. The molecule has 0 atom stereocenters. The Morgan fingerprint density at radius 3 is 2.73 bits per heavy atom. The highest BCUT2D eigenvalue weighted by atomic mass is 32.2. The second-order valence-corrected chi connectivity index (χ2v) is 6.63. The average molecular weight is 372 g/mol. The van der Waals surface area contributed by atoms with Crippen LogP contribution in [0.15, 0.2) is 45.1 Å². The van der Waals surface area contributed by atoms with Crippen molar-refractivity contribution in [3.8, 4) is 5.75 Å². The molecule has 0 fully saturated rings. The van der Waals surface area contributed by atoms with E-state index < -0.39 is 4.92 Å². The van der Waals surface area contributed by atoms with E-state index in [4.69, 9.17) is 9.15 Å². The Hall–Kier alpha value is -2.94. The Balaban J connectivity index is 1.66. The van der Waals surface area contributed by atoms with Crippen molar-refractivity contribution in [3.63, 3.8) is 0 Å². The molecular formula is C17H16N4O4S. The Bertz CT molecular complexity index is 958. The number of benzene rings is 1. The Kier molecular flexibility index (Phi) is 5.17. The maximum atomic E-state index is 10.8. The monoisotopic (exact) mass is 372 g/mol. The fraction of sp³-hybridized carbons (Fsp3) is 0.235. The molecule has 3 rings (SSSR count). The van der Waals surface area contributed by atoms with E-state index in [-0.39, 0.29) is 12.3 Å². The summed E-state index contributed by atoms with van der Waals surface area (Å²) in [5.74, 6) is 1.11. The highest BCUT2D eigenvalue weighted by molar-refractivity contribution is 7.99. The van der Waals surface area contributed by atoms with Gasteiger partial charge in [0.2, 0.25) is 0 Å². The number of nitro groups is 1. The molecule has 0 radical (unpaired) electrons. The summed E-state index contributed by atoms with van der Waals surface area (Å²) >= 11 is 1.15. The number of aryl methyl sites for hydroxylation is 3. The molecule has 0 N–H and O–H groups in total. The third-order valence-corrected chi connectivity index (χ3v) is 4.51. The summed E-state index contributed by atoms with van der Waals surface area (Å²) in [5.41, 5.74) is 2.73. The van der Waals surface area contributed by atoms with E-state index in [9.17, 15) is 10.1 Å². The highest BCUT2D eigenvalue weighted by Gasteiger charge is 2.14. The van der Waals surface area contributed by atoms with Crippen LogP contribution < -0.4 is 4.74 Å². The third-order valence-electron chi connectivity index (χ3n) is 3.55. The molecule has 2 heterocycles. The zero-order valence-electron chi connectivity index (χ0n) is 14.4. The van der Waals surface area contributed by atoms with Crippen LogP contribution >= 0.6 is 11.8 Å². The topological polar surface area (TPSA) is 104 Å². The smallest absolute Gasteiger partial charge is 0.287 e. The first-order valence-corrected chi connectivity index (χ1v) is 8.55. The van der Waals surface area contributed by atoms with Crippen LogP contribution in [0.4, 0.5) is 5.69 Å². The number of ether oxygens (including phenoxy) is 1. The van der Waals surface area contributed by atoms with Gasteiger partial charge in [0, 0.05) is 6.07 Å². The molecule has 2 aromatic heterocycles. The van der Waals surface area contributed by atoms with Crippen molar-refractivity contribution in [1.82, 2.24) is 15.2 Å². The second-order valence-electron chi connectivity index (χ2n) is 5.69. The van der Waals surface area contributed by atoms with Crippen LogP contribution in [0.25, 0.3) is 0 Å².